The van der Waals surface area contributed by atoms with Gasteiger partial charge in [-0.25, -0.2) is 4.98 Å². The fourth-order valence-electron chi connectivity index (χ4n) is 1.74. The summed E-state index contributed by atoms with van der Waals surface area (Å²) in [5.41, 5.74) is 0.301. The Balaban J connectivity index is 2.21. The van der Waals surface area contributed by atoms with Crippen LogP contribution >= 0.6 is 0 Å². The molecule has 3 nitrogen and oxygen atoms in total. The highest BCUT2D eigenvalue weighted by atomic mass is 19.4. The van der Waals surface area contributed by atoms with E-state index < -0.39 is 11.7 Å². The van der Waals surface area contributed by atoms with Gasteiger partial charge in [-0.15, -0.1) is 0 Å². The lowest BCUT2D eigenvalue weighted by molar-refractivity contribution is -0.137. The fraction of sp³-hybridized carbons (Fsp3) is 0.462. The highest BCUT2D eigenvalue weighted by Gasteiger charge is 2.30. The van der Waals surface area contributed by atoms with Crippen molar-refractivity contribution in [1.82, 2.24) is 15.3 Å². The Hall–Kier alpha value is -1.56. The zero-order valence-electron chi connectivity index (χ0n) is 10.8. The molecule has 6 heteroatoms. The minimum Gasteiger partial charge on any atom is -0.341 e. The standard InChI is InChI=1S/C13H16F3N3/c1-3-8(2)17-7-12-18-10-5-4-9(13(14,15)16)6-11(10)19-12/h4-6,8,17H,3,7H2,1-2H3,(H,18,19). The Kier molecular flexibility index (Phi) is 3.80. The number of H-pyrrole nitrogens is 1. The molecule has 2 rings (SSSR count). The summed E-state index contributed by atoms with van der Waals surface area (Å²) in [4.78, 5) is 7.17. The maximum absolute atomic E-state index is 12.6. The average Bonchev–Trinajstić information content (AvgIpc) is 2.76. The summed E-state index contributed by atoms with van der Waals surface area (Å²) < 4.78 is 37.7. The molecular formula is C13H16F3N3. The zero-order valence-corrected chi connectivity index (χ0v) is 10.8. The van der Waals surface area contributed by atoms with E-state index in [-0.39, 0.29) is 0 Å². The predicted octanol–water partition coefficient (Wildman–Crippen LogP) is 3.47. The van der Waals surface area contributed by atoms with Crippen LogP contribution in [0.5, 0.6) is 0 Å². The molecule has 0 aliphatic heterocycles. The number of alkyl halides is 3. The van der Waals surface area contributed by atoms with Crippen molar-refractivity contribution < 1.29 is 13.2 Å². The quantitative estimate of drug-likeness (QED) is 0.894. The molecule has 1 unspecified atom stereocenters. The van der Waals surface area contributed by atoms with Gasteiger partial charge in [0.15, 0.2) is 0 Å². The van der Waals surface area contributed by atoms with Crippen molar-refractivity contribution in [3.05, 3.63) is 29.6 Å². The molecule has 0 aliphatic carbocycles. The molecule has 1 aromatic carbocycles. The van der Waals surface area contributed by atoms with Gasteiger partial charge in [-0.1, -0.05) is 6.92 Å². The molecule has 1 atom stereocenters. The van der Waals surface area contributed by atoms with Crippen LogP contribution in [0, 0.1) is 0 Å². The molecule has 0 bridgehead atoms. The van der Waals surface area contributed by atoms with Gasteiger partial charge in [0.2, 0.25) is 0 Å². The van der Waals surface area contributed by atoms with Gasteiger partial charge in [-0.05, 0) is 31.5 Å². The Morgan fingerprint density at radius 2 is 2.11 bits per heavy atom. The second kappa shape index (κ2) is 5.21. The van der Waals surface area contributed by atoms with Crippen LogP contribution in [0.15, 0.2) is 18.2 Å². The van der Waals surface area contributed by atoms with Gasteiger partial charge in [0.25, 0.3) is 0 Å². The van der Waals surface area contributed by atoms with E-state index in [1.165, 1.54) is 6.07 Å². The summed E-state index contributed by atoms with van der Waals surface area (Å²) in [6.45, 7) is 4.63. The second-order valence-corrected chi connectivity index (χ2v) is 4.60. The van der Waals surface area contributed by atoms with Gasteiger partial charge in [0, 0.05) is 6.04 Å². The van der Waals surface area contributed by atoms with Gasteiger partial charge >= 0.3 is 6.18 Å². The van der Waals surface area contributed by atoms with Crippen molar-refractivity contribution in [3.8, 4) is 0 Å². The molecule has 2 N–H and O–H groups in total. The largest absolute Gasteiger partial charge is 0.416 e. The summed E-state index contributed by atoms with van der Waals surface area (Å²) in [6, 6.07) is 3.88. The number of imidazole rings is 1. The maximum atomic E-state index is 12.6. The van der Waals surface area contributed by atoms with Crippen LogP contribution in [-0.2, 0) is 12.7 Å². The molecule has 0 saturated heterocycles. The van der Waals surface area contributed by atoms with Crippen LogP contribution < -0.4 is 5.32 Å². The number of hydrogen-bond acceptors (Lipinski definition) is 2. The molecule has 1 heterocycles. The molecule has 19 heavy (non-hydrogen) atoms. The minimum absolute atomic E-state index is 0.346. The summed E-state index contributed by atoms with van der Waals surface area (Å²) in [5, 5.41) is 3.24. The van der Waals surface area contributed by atoms with Crippen LogP contribution in [-0.4, -0.2) is 16.0 Å². The Morgan fingerprint density at radius 3 is 2.74 bits per heavy atom. The first-order chi connectivity index (χ1) is 8.90. The number of aromatic nitrogens is 2. The van der Waals surface area contributed by atoms with Crippen molar-refractivity contribution in [1.29, 1.82) is 0 Å². The van der Waals surface area contributed by atoms with E-state index in [2.05, 4.69) is 22.2 Å². The molecule has 0 radical (unpaired) electrons. The van der Waals surface area contributed by atoms with E-state index in [0.717, 1.165) is 18.6 Å². The van der Waals surface area contributed by atoms with Crippen molar-refractivity contribution in [2.45, 2.75) is 39.0 Å². The number of rotatable bonds is 4. The number of fused-ring (bicyclic) bond motifs is 1. The van der Waals surface area contributed by atoms with Crippen LogP contribution in [0.3, 0.4) is 0 Å². The maximum Gasteiger partial charge on any atom is 0.416 e. The Bertz CT molecular complexity index is 560. The lowest BCUT2D eigenvalue weighted by atomic mass is 10.2. The highest BCUT2D eigenvalue weighted by Crippen LogP contribution is 2.30. The fourth-order valence-corrected chi connectivity index (χ4v) is 1.74. The predicted molar refractivity (Wildman–Crippen MR) is 67.7 cm³/mol. The highest BCUT2D eigenvalue weighted by molar-refractivity contribution is 5.76. The number of hydrogen-bond donors (Lipinski definition) is 2. The Labute approximate surface area is 109 Å². The van der Waals surface area contributed by atoms with Gasteiger partial charge < -0.3 is 10.3 Å². The van der Waals surface area contributed by atoms with Crippen LogP contribution in [0.4, 0.5) is 13.2 Å². The average molecular weight is 271 g/mol. The molecular weight excluding hydrogens is 255 g/mol. The number of benzene rings is 1. The van der Waals surface area contributed by atoms with Gasteiger partial charge in [0.1, 0.15) is 5.82 Å². The summed E-state index contributed by atoms with van der Waals surface area (Å²) in [6.07, 6.45) is -3.34. The first-order valence-corrected chi connectivity index (χ1v) is 6.19. The zero-order chi connectivity index (χ0) is 14.0. The van der Waals surface area contributed by atoms with Crippen molar-refractivity contribution >= 4 is 11.0 Å². The summed E-state index contributed by atoms with van der Waals surface area (Å²) >= 11 is 0. The molecule has 2 aromatic rings. The smallest absolute Gasteiger partial charge is 0.341 e. The monoisotopic (exact) mass is 271 g/mol. The molecule has 1 aromatic heterocycles. The molecule has 0 saturated carbocycles. The summed E-state index contributed by atoms with van der Waals surface area (Å²) in [7, 11) is 0. The van der Waals surface area contributed by atoms with Crippen molar-refractivity contribution in [2.24, 2.45) is 0 Å². The van der Waals surface area contributed by atoms with Gasteiger partial charge in [0.05, 0.1) is 23.1 Å². The topological polar surface area (TPSA) is 40.7 Å². The second-order valence-electron chi connectivity index (χ2n) is 4.60. The number of nitrogens with one attached hydrogen (secondary N) is 2. The SMILES string of the molecule is CCC(C)NCc1nc2ccc(C(F)(F)F)cc2[nH]1. The normalized spacial score (nSPS) is 13.9. The van der Waals surface area contributed by atoms with E-state index in [1.54, 1.807) is 0 Å². The number of aromatic amines is 1. The lowest BCUT2D eigenvalue weighted by Gasteiger charge is -2.08. The van der Waals surface area contributed by atoms with E-state index >= 15 is 0 Å². The molecule has 0 aliphatic rings. The van der Waals surface area contributed by atoms with Crippen LogP contribution in [0.25, 0.3) is 11.0 Å². The number of halogens is 3. The minimum atomic E-state index is -4.32. The van der Waals surface area contributed by atoms with E-state index in [4.69, 9.17) is 0 Å². The lowest BCUT2D eigenvalue weighted by Crippen LogP contribution is -2.24. The van der Waals surface area contributed by atoms with Crippen molar-refractivity contribution in [3.63, 3.8) is 0 Å². The molecule has 104 valence electrons. The molecule has 0 amide bonds. The van der Waals surface area contributed by atoms with Crippen LogP contribution in [0.2, 0.25) is 0 Å². The first-order valence-electron chi connectivity index (χ1n) is 6.19. The third kappa shape index (κ3) is 3.26. The van der Waals surface area contributed by atoms with E-state index in [9.17, 15) is 13.2 Å². The van der Waals surface area contributed by atoms with Crippen LogP contribution in [0.1, 0.15) is 31.7 Å². The summed E-state index contributed by atoms with van der Waals surface area (Å²) in [5.74, 6) is 0.648. The van der Waals surface area contributed by atoms with E-state index in [0.29, 0.717) is 29.4 Å². The van der Waals surface area contributed by atoms with E-state index in [1.807, 2.05) is 6.92 Å². The van der Waals surface area contributed by atoms with Crippen molar-refractivity contribution in [2.75, 3.05) is 0 Å². The molecule has 0 fully saturated rings. The number of nitrogens with zero attached hydrogens (tertiary/aromatic N) is 1. The third-order valence-electron chi connectivity index (χ3n) is 3.09. The van der Waals surface area contributed by atoms with Gasteiger partial charge in [-0.2, -0.15) is 13.2 Å². The Morgan fingerprint density at radius 1 is 1.37 bits per heavy atom. The first kappa shape index (κ1) is 13.9. The third-order valence-corrected chi connectivity index (χ3v) is 3.09. The van der Waals surface area contributed by atoms with Gasteiger partial charge in [-0.3, -0.25) is 0 Å². The molecule has 0 spiro atoms.